The summed E-state index contributed by atoms with van der Waals surface area (Å²) in [5.41, 5.74) is 1.74. The maximum Gasteiger partial charge on any atom is 0.439 e. The zero-order valence-electron chi connectivity index (χ0n) is 14.2. The maximum absolute atomic E-state index is 12.4. The Morgan fingerprint density at radius 2 is 2.11 bits per heavy atom. The normalized spacial score (nSPS) is 15.6. The lowest BCUT2D eigenvalue weighted by Gasteiger charge is -2.23. The van der Waals surface area contributed by atoms with Crippen LogP contribution in [-0.4, -0.2) is 27.2 Å². The predicted molar refractivity (Wildman–Crippen MR) is 106 cm³/mol. The Morgan fingerprint density at radius 1 is 1.25 bits per heavy atom. The number of aromatic nitrogens is 2. The van der Waals surface area contributed by atoms with Gasteiger partial charge in [-0.25, -0.2) is 4.79 Å². The van der Waals surface area contributed by atoms with Crippen LogP contribution in [0.2, 0.25) is 5.02 Å². The number of nitrogens with one attached hydrogen (secondary N) is 3. The molecule has 1 atom stereocenters. The highest BCUT2D eigenvalue weighted by Gasteiger charge is 2.29. The molecule has 3 N–H and O–H groups in total. The molecule has 8 nitrogen and oxygen atoms in total. The van der Waals surface area contributed by atoms with Gasteiger partial charge in [-0.1, -0.05) is 28.9 Å². The average Bonchev–Trinajstić information content (AvgIpc) is 3.09. The summed E-state index contributed by atoms with van der Waals surface area (Å²) < 4.78 is 4.48. The zero-order valence-corrected chi connectivity index (χ0v) is 15.8. The van der Waals surface area contributed by atoms with E-state index in [-0.39, 0.29) is 24.1 Å². The van der Waals surface area contributed by atoms with E-state index in [0.29, 0.717) is 22.0 Å². The molecule has 1 aromatic heterocycles. The van der Waals surface area contributed by atoms with Crippen LogP contribution in [0.3, 0.4) is 0 Å². The SMILES string of the molecule is O=C(CC1Sc2ccc(Cl)cc2NC1=O)Nc1cccc(-c2noc(=O)[nH]2)c1. The molecule has 0 bridgehead atoms. The molecule has 0 fully saturated rings. The van der Waals surface area contributed by atoms with E-state index in [4.69, 9.17) is 11.6 Å². The molecule has 0 spiro atoms. The van der Waals surface area contributed by atoms with Crippen molar-refractivity contribution in [3.63, 3.8) is 0 Å². The van der Waals surface area contributed by atoms with E-state index >= 15 is 0 Å². The van der Waals surface area contributed by atoms with Crippen LogP contribution < -0.4 is 16.4 Å². The van der Waals surface area contributed by atoms with E-state index in [2.05, 4.69) is 25.3 Å². The molecule has 0 saturated carbocycles. The van der Waals surface area contributed by atoms with Crippen molar-refractivity contribution in [3.8, 4) is 11.4 Å². The zero-order chi connectivity index (χ0) is 19.7. The number of carbonyl (C=O) groups excluding carboxylic acids is 2. The summed E-state index contributed by atoms with van der Waals surface area (Å²) in [6, 6.07) is 12.0. The molecule has 2 aromatic carbocycles. The number of rotatable bonds is 4. The minimum Gasteiger partial charge on any atom is -0.326 e. The average molecular weight is 417 g/mol. The number of thioether (sulfide) groups is 1. The van der Waals surface area contributed by atoms with E-state index < -0.39 is 11.0 Å². The predicted octanol–water partition coefficient (Wildman–Crippen LogP) is 3.12. The Balaban J connectivity index is 1.44. The number of amides is 2. The van der Waals surface area contributed by atoms with Gasteiger partial charge >= 0.3 is 5.76 Å². The summed E-state index contributed by atoms with van der Waals surface area (Å²) in [4.78, 5) is 39.1. The molecule has 1 unspecified atom stereocenters. The van der Waals surface area contributed by atoms with Gasteiger partial charge in [0.25, 0.3) is 0 Å². The standard InChI is InChI=1S/C18H13ClN4O4S/c19-10-4-5-13-12(7-10)21-17(25)14(28-13)8-15(24)20-11-3-1-2-9(6-11)16-22-18(26)27-23-16/h1-7,14H,8H2,(H,20,24)(H,21,25)(H,22,23,26). The molecular formula is C18H13ClN4O4S. The molecule has 28 heavy (non-hydrogen) atoms. The summed E-state index contributed by atoms with van der Waals surface area (Å²) in [7, 11) is 0. The van der Waals surface area contributed by atoms with Gasteiger partial charge in [0.1, 0.15) is 0 Å². The van der Waals surface area contributed by atoms with E-state index in [1.165, 1.54) is 11.8 Å². The van der Waals surface area contributed by atoms with Crippen molar-refractivity contribution < 1.29 is 14.1 Å². The first kappa shape index (κ1) is 18.3. The molecule has 1 aliphatic rings. The number of H-pyrrole nitrogens is 1. The van der Waals surface area contributed by atoms with Gasteiger partial charge in [-0.05, 0) is 30.3 Å². The fraction of sp³-hybridized carbons (Fsp3) is 0.111. The Kier molecular flexibility index (Phi) is 4.93. The van der Waals surface area contributed by atoms with Crippen molar-refractivity contribution >= 4 is 46.6 Å². The van der Waals surface area contributed by atoms with E-state index in [0.717, 1.165) is 4.90 Å². The number of hydrogen-bond donors (Lipinski definition) is 3. The molecule has 142 valence electrons. The third-order valence-electron chi connectivity index (χ3n) is 3.99. The van der Waals surface area contributed by atoms with Crippen molar-refractivity contribution in [2.24, 2.45) is 0 Å². The second-order valence-corrected chi connectivity index (χ2v) is 7.69. The molecule has 0 radical (unpaired) electrons. The highest BCUT2D eigenvalue weighted by Crippen LogP contribution is 2.38. The largest absolute Gasteiger partial charge is 0.439 e. The molecule has 10 heteroatoms. The van der Waals surface area contributed by atoms with Gasteiger partial charge in [0.05, 0.1) is 10.9 Å². The number of fused-ring (bicyclic) bond motifs is 1. The monoisotopic (exact) mass is 416 g/mol. The van der Waals surface area contributed by atoms with Crippen LogP contribution in [0.5, 0.6) is 0 Å². The Bertz CT molecular complexity index is 1130. The first-order chi connectivity index (χ1) is 13.5. The van der Waals surface area contributed by atoms with Gasteiger partial charge in [-0.15, -0.1) is 11.8 Å². The van der Waals surface area contributed by atoms with Crippen LogP contribution in [0, 0.1) is 0 Å². The lowest BCUT2D eigenvalue weighted by atomic mass is 10.2. The number of aromatic amines is 1. The topological polar surface area (TPSA) is 117 Å². The summed E-state index contributed by atoms with van der Waals surface area (Å²) in [6.07, 6.45) is 0.00356. The van der Waals surface area contributed by atoms with Crippen molar-refractivity contribution in [2.45, 2.75) is 16.6 Å². The van der Waals surface area contributed by atoms with Crippen molar-refractivity contribution in [3.05, 3.63) is 58.0 Å². The second-order valence-electron chi connectivity index (χ2n) is 6.01. The summed E-state index contributed by atoms with van der Waals surface area (Å²) >= 11 is 7.26. The number of carbonyl (C=O) groups is 2. The van der Waals surface area contributed by atoms with Crippen molar-refractivity contribution in [2.75, 3.05) is 10.6 Å². The molecule has 2 heterocycles. The molecule has 2 amide bonds. The van der Waals surface area contributed by atoms with Crippen molar-refractivity contribution in [1.29, 1.82) is 0 Å². The number of hydrogen-bond acceptors (Lipinski definition) is 6. The number of anilines is 2. The maximum atomic E-state index is 12.4. The lowest BCUT2D eigenvalue weighted by molar-refractivity contribution is -0.120. The van der Waals surface area contributed by atoms with Gasteiger partial charge in [0.15, 0.2) is 5.82 Å². The highest BCUT2D eigenvalue weighted by molar-refractivity contribution is 8.01. The summed E-state index contributed by atoms with van der Waals surface area (Å²) in [5.74, 6) is -0.954. The highest BCUT2D eigenvalue weighted by atomic mass is 35.5. The van der Waals surface area contributed by atoms with Gasteiger partial charge in [0.2, 0.25) is 11.8 Å². The Labute approximate surface area is 167 Å². The lowest BCUT2D eigenvalue weighted by Crippen LogP contribution is -2.32. The minimum atomic E-state index is -0.661. The summed E-state index contributed by atoms with van der Waals surface area (Å²) in [5, 5.41) is 9.13. The molecule has 1 aliphatic heterocycles. The van der Waals surface area contributed by atoms with Gasteiger partial charge in [-0.3, -0.25) is 19.1 Å². The molecular weight excluding hydrogens is 404 g/mol. The molecule has 4 rings (SSSR count). The fourth-order valence-corrected chi connectivity index (χ4v) is 4.00. The number of nitrogens with zero attached hydrogens (tertiary/aromatic N) is 1. The van der Waals surface area contributed by atoms with E-state index in [9.17, 15) is 14.4 Å². The van der Waals surface area contributed by atoms with Gasteiger partial charge in [0, 0.05) is 27.6 Å². The Morgan fingerprint density at radius 3 is 2.89 bits per heavy atom. The van der Waals surface area contributed by atoms with E-state index in [1.807, 2.05) is 6.07 Å². The molecule has 3 aromatic rings. The smallest absolute Gasteiger partial charge is 0.326 e. The van der Waals surface area contributed by atoms with Gasteiger partial charge < -0.3 is 10.6 Å². The number of halogens is 1. The molecule has 0 saturated heterocycles. The van der Waals surface area contributed by atoms with Gasteiger partial charge in [-0.2, -0.15) is 0 Å². The van der Waals surface area contributed by atoms with Crippen LogP contribution in [0.15, 0.2) is 56.7 Å². The van der Waals surface area contributed by atoms with Crippen LogP contribution in [0.4, 0.5) is 11.4 Å². The minimum absolute atomic E-state index is 0.00356. The Hall–Kier alpha value is -3.04. The van der Waals surface area contributed by atoms with Crippen LogP contribution in [0.1, 0.15) is 6.42 Å². The van der Waals surface area contributed by atoms with E-state index in [1.54, 1.807) is 36.4 Å². The van der Waals surface area contributed by atoms with Crippen LogP contribution in [0.25, 0.3) is 11.4 Å². The summed E-state index contributed by atoms with van der Waals surface area (Å²) in [6.45, 7) is 0. The third kappa shape index (κ3) is 3.95. The number of benzene rings is 2. The quantitative estimate of drug-likeness (QED) is 0.601. The first-order valence-corrected chi connectivity index (χ1v) is 9.47. The first-order valence-electron chi connectivity index (χ1n) is 8.21. The fourth-order valence-electron chi connectivity index (χ4n) is 2.74. The molecule has 0 aliphatic carbocycles. The third-order valence-corrected chi connectivity index (χ3v) is 5.50. The second kappa shape index (κ2) is 7.53. The van der Waals surface area contributed by atoms with Crippen molar-refractivity contribution in [1.82, 2.24) is 10.1 Å². The van der Waals surface area contributed by atoms with Crippen LogP contribution >= 0.6 is 23.4 Å². The van der Waals surface area contributed by atoms with Crippen LogP contribution in [-0.2, 0) is 9.59 Å².